The Hall–Kier alpha value is -1.72. The number of aromatic nitrogens is 2. The molecule has 0 bridgehead atoms. The van der Waals surface area contributed by atoms with E-state index in [4.69, 9.17) is 0 Å². The standard InChI is InChI=1S/C10H12F2N2O2/c1-3-16-7-5-9(15)10(11,12)8-4-6-13-14(8)2/h4-7H,3H2,1-2H3/b7-5+. The Morgan fingerprint density at radius 3 is 2.88 bits per heavy atom. The molecule has 0 aliphatic carbocycles. The Morgan fingerprint density at radius 2 is 2.38 bits per heavy atom. The lowest BCUT2D eigenvalue weighted by Crippen LogP contribution is -2.27. The largest absolute Gasteiger partial charge is 0.501 e. The molecule has 0 unspecified atom stereocenters. The van der Waals surface area contributed by atoms with Gasteiger partial charge in [-0.25, -0.2) is 0 Å². The molecule has 0 fully saturated rings. The molecule has 0 aliphatic heterocycles. The number of nitrogens with zero attached hydrogens (tertiary/aromatic N) is 2. The van der Waals surface area contributed by atoms with E-state index < -0.39 is 17.4 Å². The van der Waals surface area contributed by atoms with Crippen LogP contribution in [0.3, 0.4) is 0 Å². The average Bonchev–Trinajstić information content (AvgIpc) is 2.65. The zero-order valence-electron chi connectivity index (χ0n) is 8.98. The summed E-state index contributed by atoms with van der Waals surface area (Å²) in [5, 5.41) is 3.59. The van der Waals surface area contributed by atoms with Gasteiger partial charge in [0.2, 0.25) is 5.78 Å². The molecular formula is C10H12F2N2O2. The van der Waals surface area contributed by atoms with Crippen molar-refractivity contribution in [2.75, 3.05) is 6.61 Å². The first kappa shape index (κ1) is 12.4. The molecule has 1 aromatic heterocycles. The highest BCUT2D eigenvalue weighted by Crippen LogP contribution is 2.28. The van der Waals surface area contributed by atoms with E-state index in [2.05, 4.69) is 9.84 Å². The van der Waals surface area contributed by atoms with Gasteiger partial charge in [0.05, 0.1) is 12.9 Å². The molecule has 0 aromatic carbocycles. The third-order valence-electron chi connectivity index (χ3n) is 1.93. The Labute approximate surface area is 91.5 Å². The van der Waals surface area contributed by atoms with Crippen LogP contribution in [0.1, 0.15) is 12.6 Å². The van der Waals surface area contributed by atoms with Gasteiger partial charge < -0.3 is 4.74 Å². The van der Waals surface area contributed by atoms with E-state index in [1.54, 1.807) is 6.92 Å². The SMILES string of the molecule is CCO/C=C/C(=O)C(F)(F)c1ccnn1C. The number of carbonyl (C=O) groups excluding carboxylic acids is 1. The number of halogens is 2. The highest BCUT2D eigenvalue weighted by molar-refractivity contribution is 5.95. The van der Waals surface area contributed by atoms with E-state index in [9.17, 15) is 13.6 Å². The van der Waals surface area contributed by atoms with Gasteiger partial charge in [-0.15, -0.1) is 0 Å². The summed E-state index contributed by atoms with van der Waals surface area (Å²) in [5.41, 5.74) is -0.446. The van der Waals surface area contributed by atoms with Crippen molar-refractivity contribution in [3.05, 3.63) is 30.3 Å². The normalized spacial score (nSPS) is 12.0. The van der Waals surface area contributed by atoms with Gasteiger partial charge in [0, 0.05) is 19.3 Å². The second-order valence-corrected chi connectivity index (χ2v) is 3.04. The third-order valence-corrected chi connectivity index (χ3v) is 1.93. The van der Waals surface area contributed by atoms with Crippen LogP contribution in [0.5, 0.6) is 0 Å². The van der Waals surface area contributed by atoms with Gasteiger partial charge in [-0.3, -0.25) is 9.48 Å². The summed E-state index contributed by atoms with van der Waals surface area (Å²) >= 11 is 0. The highest BCUT2D eigenvalue weighted by atomic mass is 19.3. The van der Waals surface area contributed by atoms with Crippen LogP contribution in [0.2, 0.25) is 0 Å². The third kappa shape index (κ3) is 2.44. The van der Waals surface area contributed by atoms with Crippen LogP contribution in [0.15, 0.2) is 24.6 Å². The Balaban J connectivity index is 2.86. The number of carbonyl (C=O) groups is 1. The second-order valence-electron chi connectivity index (χ2n) is 3.04. The first-order valence-corrected chi connectivity index (χ1v) is 4.69. The fourth-order valence-corrected chi connectivity index (χ4v) is 1.12. The molecular weight excluding hydrogens is 218 g/mol. The van der Waals surface area contributed by atoms with Crippen LogP contribution in [-0.2, 0) is 22.5 Å². The summed E-state index contributed by atoms with van der Waals surface area (Å²) in [6.07, 6.45) is 2.89. The van der Waals surface area contributed by atoms with E-state index in [-0.39, 0.29) is 0 Å². The molecule has 88 valence electrons. The highest BCUT2D eigenvalue weighted by Gasteiger charge is 2.41. The van der Waals surface area contributed by atoms with Crippen LogP contribution in [-0.4, -0.2) is 22.2 Å². The fourth-order valence-electron chi connectivity index (χ4n) is 1.12. The lowest BCUT2D eigenvalue weighted by Gasteiger charge is -2.12. The predicted octanol–water partition coefficient (Wildman–Crippen LogP) is 1.63. The van der Waals surface area contributed by atoms with Gasteiger partial charge in [-0.1, -0.05) is 0 Å². The Bertz CT molecular complexity index is 399. The van der Waals surface area contributed by atoms with Gasteiger partial charge >= 0.3 is 5.92 Å². The lowest BCUT2D eigenvalue weighted by molar-refractivity contribution is -0.140. The minimum Gasteiger partial charge on any atom is -0.501 e. The second kappa shape index (κ2) is 4.87. The summed E-state index contributed by atoms with van der Waals surface area (Å²) in [6.45, 7) is 2.01. The van der Waals surface area contributed by atoms with Crippen molar-refractivity contribution >= 4 is 5.78 Å². The molecule has 0 aliphatic rings. The molecule has 6 heteroatoms. The molecule has 1 heterocycles. The predicted molar refractivity (Wildman–Crippen MR) is 52.9 cm³/mol. The summed E-state index contributed by atoms with van der Waals surface area (Å²) in [7, 11) is 1.35. The van der Waals surface area contributed by atoms with E-state index >= 15 is 0 Å². The molecule has 16 heavy (non-hydrogen) atoms. The number of hydrogen-bond donors (Lipinski definition) is 0. The van der Waals surface area contributed by atoms with Crippen molar-refractivity contribution in [2.24, 2.45) is 7.05 Å². The maximum atomic E-state index is 13.6. The van der Waals surface area contributed by atoms with Crippen LogP contribution in [0.4, 0.5) is 8.78 Å². The Morgan fingerprint density at radius 1 is 1.69 bits per heavy atom. The topological polar surface area (TPSA) is 44.1 Å². The van der Waals surface area contributed by atoms with Crippen molar-refractivity contribution in [1.29, 1.82) is 0 Å². The van der Waals surface area contributed by atoms with Gasteiger partial charge in [-0.2, -0.15) is 13.9 Å². The van der Waals surface area contributed by atoms with Crippen molar-refractivity contribution in [2.45, 2.75) is 12.8 Å². The maximum absolute atomic E-state index is 13.6. The van der Waals surface area contributed by atoms with Crippen molar-refractivity contribution in [3.63, 3.8) is 0 Å². The zero-order valence-corrected chi connectivity index (χ0v) is 8.98. The molecule has 0 amide bonds. The number of ketones is 1. The molecule has 0 spiro atoms. The summed E-state index contributed by atoms with van der Waals surface area (Å²) in [4.78, 5) is 11.2. The lowest BCUT2D eigenvalue weighted by atomic mass is 10.1. The molecule has 0 N–H and O–H groups in total. The van der Waals surface area contributed by atoms with Crippen molar-refractivity contribution < 1.29 is 18.3 Å². The average molecular weight is 230 g/mol. The Kier molecular flexibility index (Phi) is 3.76. The van der Waals surface area contributed by atoms with E-state index in [1.807, 2.05) is 0 Å². The van der Waals surface area contributed by atoms with E-state index in [0.29, 0.717) is 6.61 Å². The summed E-state index contributed by atoms with van der Waals surface area (Å²) < 4.78 is 32.8. The zero-order chi connectivity index (χ0) is 12.2. The van der Waals surface area contributed by atoms with Gasteiger partial charge in [0.15, 0.2) is 0 Å². The van der Waals surface area contributed by atoms with E-state index in [1.165, 1.54) is 13.2 Å². The summed E-state index contributed by atoms with van der Waals surface area (Å²) in [6, 6.07) is 1.10. The van der Waals surface area contributed by atoms with Crippen LogP contribution in [0, 0.1) is 0 Å². The fraction of sp³-hybridized carbons (Fsp3) is 0.400. The summed E-state index contributed by atoms with van der Waals surface area (Å²) in [5.74, 6) is -4.91. The first-order valence-electron chi connectivity index (χ1n) is 4.69. The number of ether oxygens (including phenoxy) is 1. The smallest absolute Gasteiger partial charge is 0.350 e. The van der Waals surface area contributed by atoms with Crippen LogP contribution >= 0.6 is 0 Å². The maximum Gasteiger partial charge on any atom is 0.350 e. The molecule has 0 atom stereocenters. The number of aryl methyl sites for hydroxylation is 1. The molecule has 0 saturated carbocycles. The minimum atomic E-state index is -3.58. The quantitative estimate of drug-likeness (QED) is 0.570. The number of rotatable bonds is 5. The monoisotopic (exact) mass is 230 g/mol. The van der Waals surface area contributed by atoms with Crippen molar-refractivity contribution in [3.8, 4) is 0 Å². The molecule has 0 saturated heterocycles. The number of hydrogen-bond acceptors (Lipinski definition) is 3. The van der Waals surface area contributed by atoms with Gasteiger partial charge in [0.1, 0.15) is 5.69 Å². The van der Waals surface area contributed by atoms with Crippen molar-refractivity contribution in [1.82, 2.24) is 9.78 Å². The molecule has 0 radical (unpaired) electrons. The van der Waals surface area contributed by atoms with Crippen LogP contribution < -0.4 is 0 Å². The number of allylic oxidation sites excluding steroid dienone is 1. The molecule has 1 aromatic rings. The minimum absolute atomic E-state index is 0.320. The first-order chi connectivity index (χ1) is 7.50. The van der Waals surface area contributed by atoms with E-state index in [0.717, 1.165) is 23.1 Å². The van der Waals surface area contributed by atoms with Gasteiger partial charge in [-0.05, 0) is 13.0 Å². The molecule has 4 nitrogen and oxygen atoms in total. The van der Waals surface area contributed by atoms with Gasteiger partial charge in [0.25, 0.3) is 0 Å². The number of alkyl halides is 2. The molecule has 1 rings (SSSR count). The van der Waals surface area contributed by atoms with Crippen LogP contribution in [0.25, 0.3) is 0 Å².